The molecule has 3 N–H and O–H groups in total. The molecule has 0 atom stereocenters. The Hall–Kier alpha value is -3.18. The van der Waals surface area contributed by atoms with Crippen LogP contribution in [0.4, 0.5) is 5.69 Å². The predicted molar refractivity (Wildman–Crippen MR) is 127 cm³/mol. The third-order valence-electron chi connectivity index (χ3n) is 5.30. The number of hydrogen-bond donors (Lipinski definition) is 2. The fourth-order valence-corrected chi connectivity index (χ4v) is 3.70. The number of hydrogen-bond acceptors (Lipinski definition) is 4. The summed E-state index contributed by atoms with van der Waals surface area (Å²) in [5.41, 5.74) is 13.4. The van der Waals surface area contributed by atoms with Crippen LogP contribution in [0.1, 0.15) is 46.7 Å². The van der Waals surface area contributed by atoms with Crippen LogP contribution in [-0.4, -0.2) is 18.0 Å². The number of aromatic nitrogens is 1. The van der Waals surface area contributed by atoms with Crippen molar-refractivity contribution in [1.82, 2.24) is 4.98 Å². The molecule has 0 bridgehead atoms. The van der Waals surface area contributed by atoms with E-state index in [1.807, 2.05) is 6.92 Å². The Morgan fingerprint density at radius 2 is 1.71 bits per heavy atom. The second-order valence-electron chi connectivity index (χ2n) is 8.22. The lowest BCUT2D eigenvalue weighted by molar-refractivity contribution is 0.102. The number of nitrogens with zero attached hydrogens (tertiary/aromatic N) is 1. The number of nitrogens with two attached hydrogens (primary N) is 1. The van der Waals surface area contributed by atoms with Crippen molar-refractivity contribution >= 4 is 11.6 Å². The normalized spacial score (nSPS) is 10.9. The molecule has 0 spiro atoms. The monoisotopic (exact) mass is 417 g/mol. The van der Waals surface area contributed by atoms with Gasteiger partial charge in [-0.1, -0.05) is 43.7 Å². The van der Waals surface area contributed by atoms with E-state index in [4.69, 9.17) is 15.5 Å². The summed E-state index contributed by atoms with van der Waals surface area (Å²) < 4.78 is 5.19. The highest BCUT2D eigenvalue weighted by Gasteiger charge is 2.21. The van der Waals surface area contributed by atoms with Gasteiger partial charge in [-0.15, -0.1) is 0 Å². The number of ether oxygens (including phenoxy) is 1. The van der Waals surface area contributed by atoms with E-state index >= 15 is 0 Å². The number of carbonyl (C=O) groups is 1. The molecule has 0 aliphatic carbocycles. The molecule has 0 aliphatic rings. The summed E-state index contributed by atoms with van der Waals surface area (Å²) in [7, 11) is 1.60. The Kier molecular flexibility index (Phi) is 7.08. The number of anilines is 1. The van der Waals surface area contributed by atoms with Gasteiger partial charge in [0.15, 0.2) is 0 Å². The number of methoxy groups -OCH3 is 1. The highest BCUT2D eigenvalue weighted by atomic mass is 16.5. The van der Waals surface area contributed by atoms with E-state index < -0.39 is 0 Å². The molecule has 5 nitrogen and oxygen atoms in total. The van der Waals surface area contributed by atoms with Gasteiger partial charge in [0.1, 0.15) is 5.75 Å². The van der Waals surface area contributed by atoms with E-state index in [0.717, 1.165) is 34.5 Å². The number of nitrogens with one attached hydrogen (secondary N) is 1. The van der Waals surface area contributed by atoms with Crippen molar-refractivity contribution in [2.24, 2.45) is 11.7 Å². The molecule has 0 saturated heterocycles. The molecule has 0 aliphatic heterocycles. The minimum atomic E-state index is -0.194. The fourth-order valence-electron chi connectivity index (χ4n) is 3.70. The number of rotatable bonds is 7. The minimum Gasteiger partial charge on any atom is -0.497 e. The van der Waals surface area contributed by atoms with Crippen LogP contribution in [0, 0.1) is 19.8 Å². The van der Waals surface area contributed by atoms with Crippen LogP contribution in [-0.2, 0) is 13.0 Å². The predicted octanol–water partition coefficient (Wildman–Crippen LogP) is 5.28. The molecule has 0 saturated carbocycles. The molecular weight excluding hydrogens is 386 g/mol. The molecule has 3 aromatic rings. The summed E-state index contributed by atoms with van der Waals surface area (Å²) in [6, 6.07) is 15.3. The lowest BCUT2D eigenvalue weighted by atomic mass is 9.92. The third-order valence-corrected chi connectivity index (χ3v) is 5.30. The van der Waals surface area contributed by atoms with Crippen molar-refractivity contribution in [3.8, 4) is 16.9 Å². The lowest BCUT2D eigenvalue weighted by Crippen LogP contribution is -2.18. The quantitative estimate of drug-likeness (QED) is 0.548. The number of carbonyl (C=O) groups excluding carboxylic acids is 1. The highest BCUT2D eigenvalue weighted by Crippen LogP contribution is 2.36. The van der Waals surface area contributed by atoms with E-state index in [-0.39, 0.29) is 5.91 Å². The maximum atomic E-state index is 13.1. The summed E-state index contributed by atoms with van der Waals surface area (Å²) in [6.07, 6.45) is 0.832. The van der Waals surface area contributed by atoms with Gasteiger partial charge in [-0.2, -0.15) is 0 Å². The van der Waals surface area contributed by atoms with E-state index in [1.54, 1.807) is 31.4 Å². The molecule has 0 fully saturated rings. The first kappa shape index (κ1) is 22.5. The van der Waals surface area contributed by atoms with Gasteiger partial charge in [0.05, 0.1) is 18.5 Å². The molecule has 1 aromatic heterocycles. The Balaban J connectivity index is 2.13. The Morgan fingerprint density at radius 3 is 2.26 bits per heavy atom. The largest absolute Gasteiger partial charge is 0.497 e. The van der Waals surface area contributed by atoms with Crippen molar-refractivity contribution in [3.63, 3.8) is 0 Å². The maximum absolute atomic E-state index is 13.1. The van der Waals surface area contributed by atoms with E-state index in [2.05, 4.69) is 50.4 Å². The van der Waals surface area contributed by atoms with Gasteiger partial charge in [-0.05, 0) is 61.6 Å². The summed E-state index contributed by atoms with van der Waals surface area (Å²) >= 11 is 0. The van der Waals surface area contributed by atoms with E-state index in [1.165, 1.54) is 5.56 Å². The molecule has 1 amide bonds. The van der Waals surface area contributed by atoms with Crippen molar-refractivity contribution in [2.75, 3.05) is 12.4 Å². The Bertz CT molecular complexity index is 1060. The van der Waals surface area contributed by atoms with E-state index in [9.17, 15) is 4.79 Å². The number of amides is 1. The van der Waals surface area contributed by atoms with Gasteiger partial charge in [0.25, 0.3) is 5.91 Å². The first-order chi connectivity index (χ1) is 14.8. The van der Waals surface area contributed by atoms with Crippen LogP contribution >= 0.6 is 0 Å². The minimum absolute atomic E-state index is 0.194. The van der Waals surface area contributed by atoms with Crippen LogP contribution < -0.4 is 15.8 Å². The zero-order valence-corrected chi connectivity index (χ0v) is 19.0. The van der Waals surface area contributed by atoms with Crippen LogP contribution in [0.3, 0.4) is 0 Å². The molecule has 162 valence electrons. The van der Waals surface area contributed by atoms with Crippen LogP contribution in [0.25, 0.3) is 11.1 Å². The SMILES string of the molecule is COc1ccc(C(=O)Nc2c(C)nc(CC(C)C)c(CN)c2-c2ccc(C)cc2)cc1. The molecule has 0 unspecified atom stereocenters. The van der Waals surface area contributed by atoms with Gasteiger partial charge in [0.2, 0.25) is 0 Å². The van der Waals surface area contributed by atoms with Crippen molar-refractivity contribution in [3.05, 3.63) is 76.6 Å². The average Bonchev–Trinajstić information content (AvgIpc) is 2.75. The van der Waals surface area contributed by atoms with Gasteiger partial charge >= 0.3 is 0 Å². The van der Waals surface area contributed by atoms with Crippen molar-refractivity contribution in [1.29, 1.82) is 0 Å². The molecule has 2 aromatic carbocycles. The molecule has 1 heterocycles. The fraction of sp³-hybridized carbons (Fsp3) is 0.308. The van der Waals surface area contributed by atoms with Crippen LogP contribution in [0.5, 0.6) is 5.75 Å². The van der Waals surface area contributed by atoms with Gasteiger partial charge in [-0.3, -0.25) is 9.78 Å². The maximum Gasteiger partial charge on any atom is 0.255 e. The molecule has 0 radical (unpaired) electrons. The molecular formula is C26H31N3O2. The van der Waals surface area contributed by atoms with Gasteiger partial charge in [-0.25, -0.2) is 0 Å². The number of aryl methyl sites for hydroxylation is 2. The molecule has 31 heavy (non-hydrogen) atoms. The number of pyridine rings is 1. The first-order valence-corrected chi connectivity index (χ1v) is 10.6. The second kappa shape index (κ2) is 9.75. The van der Waals surface area contributed by atoms with Crippen LogP contribution in [0.2, 0.25) is 0 Å². The summed E-state index contributed by atoms with van der Waals surface area (Å²) in [5, 5.41) is 3.10. The van der Waals surface area contributed by atoms with Crippen LogP contribution in [0.15, 0.2) is 48.5 Å². The zero-order chi connectivity index (χ0) is 22.5. The van der Waals surface area contributed by atoms with Crippen molar-refractivity contribution in [2.45, 2.75) is 40.7 Å². The first-order valence-electron chi connectivity index (χ1n) is 10.6. The average molecular weight is 418 g/mol. The summed E-state index contributed by atoms with van der Waals surface area (Å²) in [5.74, 6) is 0.960. The van der Waals surface area contributed by atoms with Gasteiger partial charge in [0, 0.05) is 23.4 Å². The Labute approximate surface area is 184 Å². The molecule has 3 rings (SSSR count). The lowest BCUT2D eigenvalue weighted by Gasteiger charge is -2.21. The summed E-state index contributed by atoms with van der Waals surface area (Å²) in [6.45, 7) is 8.68. The number of benzene rings is 2. The third kappa shape index (κ3) is 5.12. The van der Waals surface area contributed by atoms with Crippen molar-refractivity contribution < 1.29 is 9.53 Å². The highest BCUT2D eigenvalue weighted by molar-refractivity contribution is 6.07. The summed E-state index contributed by atoms with van der Waals surface area (Å²) in [4.78, 5) is 17.9. The molecule has 5 heteroatoms. The van der Waals surface area contributed by atoms with E-state index in [0.29, 0.717) is 29.5 Å². The standard InChI is InChI=1S/C26H31N3O2/c1-16(2)14-23-22(15-27)24(19-8-6-17(3)7-9-19)25(18(4)28-23)29-26(30)20-10-12-21(31-5)13-11-20/h6-13,16H,14-15,27H2,1-5H3,(H,29,30). The second-order valence-corrected chi connectivity index (χ2v) is 8.22. The Morgan fingerprint density at radius 1 is 1.06 bits per heavy atom. The topological polar surface area (TPSA) is 77.2 Å². The smallest absolute Gasteiger partial charge is 0.255 e. The zero-order valence-electron chi connectivity index (χ0n) is 19.0. The van der Waals surface area contributed by atoms with Gasteiger partial charge < -0.3 is 15.8 Å².